The van der Waals surface area contributed by atoms with Crippen molar-refractivity contribution in [3.63, 3.8) is 0 Å². The molecule has 0 N–H and O–H groups in total. The molecule has 0 radical (unpaired) electrons. The fourth-order valence-electron chi connectivity index (χ4n) is 2.91. The number of hydrogen-bond acceptors (Lipinski definition) is 5. The Morgan fingerprint density at radius 2 is 2.10 bits per heavy atom. The Morgan fingerprint density at radius 3 is 2.80 bits per heavy atom. The van der Waals surface area contributed by atoms with Crippen LogP contribution < -0.4 is 0 Å². The monoisotopic (exact) mass is 296 g/mol. The van der Waals surface area contributed by atoms with Gasteiger partial charge in [-0.25, -0.2) is 0 Å². The van der Waals surface area contributed by atoms with Gasteiger partial charge in [0.05, 0.1) is 12.6 Å². The van der Waals surface area contributed by atoms with Crippen LogP contribution in [-0.2, 0) is 4.74 Å². The normalized spacial score (nSPS) is 24.2. The second-order valence-electron chi connectivity index (χ2n) is 5.78. The molecule has 1 aliphatic heterocycles. The lowest BCUT2D eigenvalue weighted by Crippen LogP contribution is -2.31. The Bertz CT molecular complexity index is 446. The number of methoxy groups -OCH3 is 1. The average Bonchev–Trinajstić information content (AvgIpc) is 3.21. The predicted molar refractivity (Wildman–Crippen MR) is 80.1 cm³/mol. The second kappa shape index (κ2) is 6.45. The summed E-state index contributed by atoms with van der Waals surface area (Å²) in [4.78, 5) is 2.44. The third-order valence-corrected chi connectivity index (χ3v) is 5.10. The highest BCUT2D eigenvalue weighted by Crippen LogP contribution is 2.41. The van der Waals surface area contributed by atoms with E-state index in [1.807, 2.05) is 0 Å². The highest BCUT2D eigenvalue weighted by Gasteiger charge is 2.34. The number of rotatable bonds is 6. The van der Waals surface area contributed by atoms with E-state index in [0.29, 0.717) is 12.1 Å². The number of thioether (sulfide) groups is 1. The zero-order valence-corrected chi connectivity index (χ0v) is 13.2. The summed E-state index contributed by atoms with van der Waals surface area (Å²) in [5, 5.41) is 10.1. The first-order valence-corrected chi connectivity index (χ1v) is 8.56. The molecule has 2 heterocycles. The lowest BCUT2D eigenvalue weighted by molar-refractivity contribution is 0.174. The molecule has 3 rings (SSSR count). The number of hydrogen-bond donors (Lipinski definition) is 0. The van der Waals surface area contributed by atoms with E-state index in [9.17, 15) is 0 Å². The number of ether oxygens (including phenoxy) is 1. The van der Waals surface area contributed by atoms with Crippen molar-refractivity contribution < 1.29 is 4.74 Å². The van der Waals surface area contributed by atoms with Crippen LogP contribution in [-0.4, -0.2) is 52.7 Å². The summed E-state index contributed by atoms with van der Waals surface area (Å²) in [5.41, 5.74) is 0. The topological polar surface area (TPSA) is 43.2 Å². The highest BCUT2D eigenvalue weighted by molar-refractivity contribution is 7.99. The van der Waals surface area contributed by atoms with Gasteiger partial charge in [0.2, 0.25) is 0 Å². The Labute approximate surface area is 125 Å². The van der Waals surface area contributed by atoms with Crippen molar-refractivity contribution in [2.24, 2.45) is 0 Å². The van der Waals surface area contributed by atoms with E-state index >= 15 is 0 Å². The highest BCUT2D eigenvalue weighted by atomic mass is 32.2. The quantitative estimate of drug-likeness (QED) is 0.596. The summed E-state index contributed by atoms with van der Waals surface area (Å²) >= 11 is 1.77. The molecule has 1 unspecified atom stereocenters. The fraction of sp³-hybridized carbons (Fsp3) is 0.857. The van der Waals surface area contributed by atoms with E-state index in [0.717, 1.165) is 17.5 Å². The molecule has 0 amide bonds. The van der Waals surface area contributed by atoms with Gasteiger partial charge in [-0.1, -0.05) is 18.2 Å². The summed E-state index contributed by atoms with van der Waals surface area (Å²) in [6.45, 7) is 1.94. The Hall–Kier alpha value is -0.590. The van der Waals surface area contributed by atoms with Crippen molar-refractivity contribution in [3.05, 3.63) is 5.82 Å². The zero-order chi connectivity index (χ0) is 13.9. The van der Waals surface area contributed by atoms with Crippen LogP contribution >= 0.6 is 11.8 Å². The largest absolute Gasteiger partial charge is 0.384 e. The molecule has 1 aromatic heterocycles. The number of piperidine rings is 1. The predicted octanol–water partition coefficient (Wildman–Crippen LogP) is 2.51. The summed E-state index contributed by atoms with van der Waals surface area (Å²) < 4.78 is 7.54. The van der Waals surface area contributed by atoms with E-state index in [4.69, 9.17) is 4.74 Å². The molecule has 1 saturated carbocycles. The SMILES string of the molecule is COCCSc1nnc(C2CCCCN2C)n1C1CC1. The molecule has 0 aromatic carbocycles. The van der Waals surface area contributed by atoms with Gasteiger partial charge >= 0.3 is 0 Å². The van der Waals surface area contributed by atoms with Gasteiger partial charge < -0.3 is 9.30 Å². The minimum atomic E-state index is 0.452. The lowest BCUT2D eigenvalue weighted by atomic mass is 10.0. The minimum Gasteiger partial charge on any atom is -0.384 e. The number of likely N-dealkylation sites (tertiary alicyclic amines) is 1. The summed E-state index contributed by atoms with van der Waals surface area (Å²) in [6, 6.07) is 1.09. The van der Waals surface area contributed by atoms with E-state index in [-0.39, 0.29) is 0 Å². The number of nitrogens with zero attached hydrogens (tertiary/aromatic N) is 4. The van der Waals surface area contributed by atoms with Gasteiger partial charge in [-0.2, -0.15) is 0 Å². The van der Waals surface area contributed by atoms with Crippen molar-refractivity contribution in [2.45, 2.75) is 49.3 Å². The standard InChI is InChI=1S/C14H24N4OS/c1-17-8-4-3-5-12(17)13-15-16-14(20-10-9-19-2)18(13)11-6-7-11/h11-12H,3-10H2,1-2H3. The smallest absolute Gasteiger partial charge is 0.191 e. The maximum atomic E-state index is 5.13. The van der Waals surface area contributed by atoms with Crippen LogP contribution in [0.5, 0.6) is 0 Å². The fourth-order valence-corrected chi connectivity index (χ4v) is 3.82. The van der Waals surface area contributed by atoms with Crippen LogP contribution in [0.25, 0.3) is 0 Å². The Balaban J connectivity index is 1.79. The van der Waals surface area contributed by atoms with Gasteiger partial charge in [-0.3, -0.25) is 4.90 Å². The van der Waals surface area contributed by atoms with Crippen LogP contribution in [0.2, 0.25) is 0 Å². The van der Waals surface area contributed by atoms with Gasteiger partial charge in [0.15, 0.2) is 11.0 Å². The summed E-state index contributed by atoms with van der Waals surface area (Å²) in [5.74, 6) is 2.14. The summed E-state index contributed by atoms with van der Waals surface area (Å²) in [7, 11) is 3.96. The molecular formula is C14H24N4OS. The van der Waals surface area contributed by atoms with E-state index in [1.54, 1.807) is 18.9 Å². The molecule has 1 aromatic rings. The second-order valence-corrected chi connectivity index (χ2v) is 6.84. The molecule has 1 atom stereocenters. The third-order valence-electron chi connectivity index (χ3n) is 4.19. The van der Waals surface area contributed by atoms with E-state index < -0.39 is 0 Å². The molecule has 2 fully saturated rings. The van der Waals surface area contributed by atoms with E-state index in [1.165, 1.54) is 44.5 Å². The molecule has 1 aliphatic carbocycles. The third kappa shape index (κ3) is 3.02. The van der Waals surface area contributed by atoms with Gasteiger partial charge in [-0.15, -0.1) is 10.2 Å². The molecule has 2 aliphatic rings. The van der Waals surface area contributed by atoms with Gasteiger partial charge in [0.1, 0.15) is 0 Å². The maximum Gasteiger partial charge on any atom is 0.191 e. The van der Waals surface area contributed by atoms with Crippen LogP contribution in [0, 0.1) is 0 Å². The molecule has 6 heteroatoms. The van der Waals surface area contributed by atoms with Gasteiger partial charge in [0, 0.05) is 18.9 Å². The molecule has 0 bridgehead atoms. The van der Waals surface area contributed by atoms with Crippen molar-refractivity contribution in [2.75, 3.05) is 33.1 Å². The first-order chi connectivity index (χ1) is 9.81. The van der Waals surface area contributed by atoms with Crippen molar-refractivity contribution >= 4 is 11.8 Å². The molecular weight excluding hydrogens is 272 g/mol. The number of aromatic nitrogens is 3. The van der Waals surface area contributed by atoms with Crippen molar-refractivity contribution in [1.29, 1.82) is 0 Å². The van der Waals surface area contributed by atoms with Crippen molar-refractivity contribution in [1.82, 2.24) is 19.7 Å². The minimum absolute atomic E-state index is 0.452. The Kier molecular flexibility index (Phi) is 4.63. The molecule has 112 valence electrons. The average molecular weight is 296 g/mol. The Morgan fingerprint density at radius 1 is 1.25 bits per heavy atom. The van der Waals surface area contributed by atoms with Gasteiger partial charge in [0.25, 0.3) is 0 Å². The van der Waals surface area contributed by atoms with Crippen LogP contribution in [0.1, 0.15) is 50.0 Å². The van der Waals surface area contributed by atoms with Crippen LogP contribution in [0.3, 0.4) is 0 Å². The first-order valence-electron chi connectivity index (χ1n) is 7.58. The van der Waals surface area contributed by atoms with Crippen LogP contribution in [0.15, 0.2) is 5.16 Å². The zero-order valence-electron chi connectivity index (χ0n) is 12.4. The molecule has 20 heavy (non-hydrogen) atoms. The van der Waals surface area contributed by atoms with E-state index in [2.05, 4.69) is 26.7 Å². The van der Waals surface area contributed by atoms with Gasteiger partial charge in [-0.05, 0) is 39.3 Å². The molecule has 1 saturated heterocycles. The molecule has 0 spiro atoms. The van der Waals surface area contributed by atoms with Crippen molar-refractivity contribution in [3.8, 4) is 0 Å². The summed E-state index contributed by atoms with van der Waals surface area (Å²) in [6.07, 6.45) is 6.38. The lowest BCUT2D eigenvalue weighted by Gasteiger charge is -2.31. The van der Waals surface area contributed by atoms with Crippen LogP contribution in [0.4, 0.5) is 0 Å². The molecule has 5 nitrogen and oxygen atoms in total. The first kappa shape index (κ1) is 14.4. The maximum absolute atomic E-state index is 5.13.